The van der Waals surface area contributed by atoms with Crippen molar-refractivity contribution in [2.24, 2.45) is 0 Å². The summed E-state index contributed by atoms with van der Waals surface area (Å²) in [5.41, 5.74) is 1.21. The van der Waals surface area contributed by atoms with E-state index in [-0.39, 0.29) is 5.91 Å². The van der Waals surface area contributed by atoms with Gasteiger partial charge in [0, 0.05) is 24.8 Å². The highest BCUT2D eigenvalue weighted by atomic mass is 16.1. The van der Waals surface area contributed by atoms with Gasteiger partial charge in [-0.2, -0.15) is 0 Å². The minimum Gasteiger partial charge on any atom is -0.352 e. The first kappa shape index (κ1) is 16.5. The molecule has 2 aliphatic rings. The second-order valence-corrected chi connectivity index (χ2v) is 7.35. The van der Waals surface area contributed by atoms with E-state index in [9.17, 15) is 4.79 Å². The standard InChI is InChI=1S/C19H27N5O/c25-19(17-9-5-12-23-14-21-22-18(17)23)20-11-10-16-8-3-4-13-24(16)15-6-1-2-7-15/h5,9,12,14-16H,1-4,6-8,10-11,13H2,(H,20,25)/t16-/m0/s1. The van der Waals surface area contributed by atoms with Crippen molar-refractivity contribution in [1.29, 1.82) is 0 Å². The van der Waals surface area contributed by atoms with E-state index in [0.717, 1.165) is 19.0 Å². The summed E-state index contributed by atoms with van der Waals surface area (Å²) >= 11 is 0. The van der Waals surface area contributed by atoms with Gasteiger partial charge in [-0.1, -0.05) is 19.3 Å². The number of hydrogen-bond acceptors (Lipinski definition) is 4. The highest BCUT2D eigenvalue weighted by Crippen LogP contribution is 2.30. The van der Waals surface area contributed by atoms with Gasteiger partial charge in [0.15, 0.2) is 5.65 Å². The number of rotatable bonds is 5. The number of amides is 1. The van der Waals surface area contributed by atoms with Crippen LogP contribution in [-0.4, -0.2) is 50.6 Å². The Morgan fingerprint density at radius 1 is 1.20 bits per heavy atom. The van der Waals surface area contributed by atoms with Crippen molar-refractivity contribution in [3.05, 3.63) is 30.2 Å². The Morgan fingerprint density at radius 3 is 2.92 bits per heavy atom. The average molecular weight is 341 g/mol. The molecule has 6 nitrogen and oxygen atoms in total. The number of fused-ring (bicyclic) bond motifs is 1. The SMILES string of the molecule is O=C(NCC[C@@H]1CCCCN1C1CCCC1)c1cccn2cnnc12. The maximum atomic E-state index is 12.5. The van der Waals surface area contributed by atoms with Crippen LogP contribution in [0.1, 0.15) is 61.7 Å². The Morgan fingerprint density at radius 2 is 2.04 bits per heavy atom. The summed E-state index contributed by atoms with van der Waals surface area (Å²) in [6.45, 7) is 1.96. The lowest BCUT2D eigenvalue weighted by molar-refractivity contribution is 0.0860. The summed E-state index contributed by atoms with van der Waals surface area (Å²) in [6, 6.07) is 5.07. The fourth-order valence-corrected chi connectivity index (χ4v) is 4.53. The zero-order valence-corrected chi connectivity index (χ0v) is 14.7. The third kappa shape index (κ3) is 3.54. The molecule has 0 unspecified atom stereocenters. The van der Waals surface area contributed by atoms with Gasteiger partial charge < -0.3 is 5.32 Å². The van der Waals surface area contributed by atoms with Crippen molar-refractivity contribution < 1.29 is 4.79 Å². The second kappa shape index (κ2) is 7.52. The van der Waals surface area contributed by atoms with Gasteiger partial charge in [0.05, 0.1) is 5.56 Å². The molecule has 134 valence electrons. The van der Waals surface area contributed by atoms with E-state index in [1.54, 1.807) is 10.7 Å². The molecule has 3 heterocycles. The molecule has 1 aliphatic carbocycles. The first-order valence-electron chi connectivity index (χ1n) is 9.65. The Labute approximate surface area is 148 Å². The minimum atomic E-state index is -0.0539. The van der Waals surface area contributed by atoms with Gasteiger partial charge in [-0.3, -0.25) is 14.1 Å². The largest absolute Gasteiger partial charge is 0.352 e. The Hall–Kier alpha value is -1.95. The first-order chi connectivity index (χ1) is 12.3. The Balaban J connectivity index is 1.34. The smallest absolute Gasteiger partial charge is 0.255 e. The molecule has 1 saturated carbocycles. The maximum Gasteiger partial charge on any atom is 0.255 e. The van der Waals surface area contributed by atoms with E-state index in [4.69, 9.17) is 0 Å². The molecule has 0 radical (unpaired) electrons. The molecule has 0 bridgehead atoms. The maximum absolute atomic E-state index is 12.5. The summed E-state index contributed by atoms with van der Waals surface area (Å²) in [5.74, 6) is -0.0539. The van der Waals surface area contributed by atoms with E-state index in [1.807, 2.05) is 18.3 Å². The summed E-state index contributed by atoms with van der Waals surface area (Å²) < 4.78 is 1.78. The third-order valence-corrected chi connectivity index (χ3v) is 5.80. The monoisotopic (exact) mass is 341 g/mol. The second-order valence-electron chi connectivity index (χ2n) is 7.35. The molecule has 25 heavy (non-hydrogen) atoms. The van der Waals surface area contributed by atoms with Crippen LogP contribution in [0.3, 0.4) is 0 Å². The minimum absolute atomic E-state index is 0.0539. The van der Waals surface area contributed by atoms with E-state index < -0.39 is 0 Å². The molecule has 0 spiro atoms. The molecule has 1 saturated heterocycles. The lowest BCUT2D eigenvalue weighted by Crippen LogP contribution is -2.46. The fraction of sp³-hybridized carbons (Fsp3) is 0.632. The summed E-state index contributed by atoms with van der Waals surface area (Å²) in [4.78, 5) is 15.3. The molecule has 1 N–H and O–H groups in total. The van der Waals surface area contributed by atoms with Crippen LogP contribution < -0.4 is 5.32 Å². The van der Waals surface area contributed by atoms with E-state index in [0.29, 0.717) is 17.3 Å². The number of piperidine rings is 1. The van der Waals surface area contributed by atoms with Crippen LogP contribution in [0.25, 0.3) is 5.65 Å². The molecule has 2 aromatic heterocycles. The van der Waals surface area contributed by atoms with Crippen LogP contribution in [-0.2, 0) is 0 Å². The van der Waals surface area contributed by atoms with Crippen LogP contribution in [0.15, 0.2) is 24.7 Å². The predicted octanol–water partition coefficient (Wildman–Crippen LogP) is 2.65. The topological polar surface area (TPSA) is 62.5 Å². The molecular formula is C19H27N5O. The van der Waals surface area contributed by atoms with Gasteiger partial charge in [-0.15, -0.1) is 10.2 Å². The molecule has 1 atom stereocenters. The van der Waals surface area contributed by atoms with Crippen molar-refractivity contribution in [2.45, 2.75) is 63.5 Å². The molecule has 2 fully saturated rings. The molecule has 6 heteroatoms. The van der Waals surface area contributed by atoms with Gasteiger partial charge in [-0.25, -0.2) is 0 Å². The molecule has 4 rings (SSSR count). The molecule has 1 aliphatic heterocycles. The quantitative estimate of drug-likeness (QED) is 0.908. The van der Waals surface area contributed by atoms with Crippen molar-refractivity contribution in [2.75, 3.05) is 13.1 Å². The average Bonchev–Trinajstić information content (AvgIpc) is 3.33. The van der Waals surface area contributed by atoms with Crippen LogP contribution in [0.5, 0.6) is 0 Å². The van der Waals surface area contributed by atoms with Crippen LogP contribution in [0.2, 0.25) is 0 Å². The number of carbonyl (C=O) groups excluding carboxylic acids is 1. The zero-order valence-electron chi connectivity index (χ0n) is 14.7. The highest BCUT2D eigenvalue weighted by Gasteiger charge is 2.30. The van der Waals surface area contributed by atoms with Crippen LogP contribution >= 0.6 is 0 Å². The molecule has 2 aromatic rings. The van der Waals surface area contributed by atoms with E-state index in [1.165, 1.54) is 51.5 Å². The summed E-state index contributed by atoms with van der Waals surface area (Å²) in [5, 5.41) is 11.0. The van der Waals surface area contributed by atoms with Gasteiger partial charge in [-0.05, 0) is 50.8 Å². The summed E-state index contributed by atoms with van der Waals surface area (Å²) in [7, 11) is 0. The normalized spacial score (nSPS) is 22.5. The number of carbonyl (C=O) groups is 1. The molecule has 0 aromatic carbocycles. The van der Waals surface area contributed by atoms with Gasteiger partial charge in [0.2, 0.25) is 0 Å². The van der Waals surface area contributed by atoms with Gasteiger partial charge in [0.1, 0.15) is 6.33 Å². The number of likely N-dealkylation sites (tertiary alicyclic amines) is 1. The van der Waals surface area contributed by atoms with Gasteiger partial charge in [0.25, 0.3) is 5.91 Å². The third-order valence-electron chi connectivity index (χ3n) is 5.80. The van der Waals surface area contributed by atoms with Crippen LogP contribution in [0, 0.1) is 0 Å². The highest BCUT2D eigenvalue weighted by molar-refractivity contribution is 5.99. The number of pyridine rings is 1. The predicted molar refractivity (Wildman–Crippen MR) is 96.5 cm³/mol. The van der Waals surface area contributed by atoms with E-state index >= 15 is 0 Å². The molecule has 1 amide bonds. The lowest BCUT2D eigenvalue weighted by Gasteiger charge is -2.40. The van der Waals surface area contributed by atoms with E-state index in [2.05, 4.69) is 20.4 Å². The zero-order chi connectivity index (χ0) is 17.1. The van der Waals surface area contributed by atoms with Crippen molar-refractivity contribution >= 4 is 11.6 Å². The Kier molecular flexibility index (Phi) is 4.97. The first-order valence-corrected chi connectivity index (χ1v) is 9.65. The fourth-order valence-electron chi connectivity index (χ4n) is 4.53. The lowest BCUT2D eigenvalue weighted by atomic mass is 9.96. The van der Waals surface area contributed by atoms with Crippen molar-refractivity contribution in [3.63, 3.8) is 0 Å². The van der Waals surface area contributed by atoms with Crippen molar-refractivity contribution in [3.8, 4) is 0 Å². The number of nitrogens with zero attached hydrogens (tertiary/aromatic N) is 4. The number of aromatic nitrogens is 3. The van der Waals surface area contributed by atoms with Gasteiger partial charge >= 0.3 is 0 Å². The number of hydrogen-bond donors (Lipinski definition) is 1. The van der Waals surface area contributed by atoms with Crippen molar-refractivity contribution in [1.82, 2.24) is 24.8 Å². The summed E-state index contributed by atoms with van der Waals surface area (Å²) in [6.07, 6.45) is 13.9. The molecular weight excluding hydrogens is 314 g/mol. The van der Waals surface area contributed by atoms with Crippen LogP contribution in [0.4, 0.5) is 0 Å². The number of nitrogens with one attached hydrogen (secondary N) is 1. The Bertz CT molecular complexity index is 721.